The first-order valence-electron chi connectivity index (χ1n) is 18.5. The summed E-state index contributed by atoms with van der Waals surface area (Å²) in [5.74, 6) is -1.78. The molecule has 6 aromatic rings. The number of nitrogens with one attached hydrogen (secondary N) is 1. The molecule has 0 fully saturated rings. The Balaban J connectivity index is 0.000000216. The summed E-state index contributed by atoms with van der Waals surface area (Å²) in [7, 11) is -1.87. The smallest absolute Gasteiger partial charge is 0.442 e. The van der Waals surface area contributed by atoms with Gasteiger partial charge in [-0.05, 0) is 63.2 Å². The van der Waals surface area contributed by atoms with Gasteiger partial charge in [0.2, 0.25) is 11.8 Å². The molecule has 0 saturated heterocycles. The molecule has 24 heteroatoms. The number of aliphatic carboxylic acids is 1. The normalized spacial score (nSPS) is 11.1. The van der Waals surface area contributed by atoms with Crippen LogP contribution in [0.25, 0.3) is 16.6 Å². The molecular formula is C40H41Cl3N8O12S. The molecule has 0 aliphatic heterocycles. The zero-order chi connectivity index (χ0) is 47.7. The number of amides is 2. The van der Waals surface area contributed by atoms with E-state index in [0.29, 0.717) is 38.6 Å². The van der Waals surface area contributed by atoms with Gasteiger partial charge in [-0.3, -0.25) is 9.88 Å². The molecule has 0 atom stereocenters. The number of hydrogen-bond acceptors (Lipinski definition) is 15. The average Bonchev–Trinajstić information content (AvgIpc) is 3.63. The van der Waals surface area contributed by atoms with Gasteiger partial charge in [0.05, 0.1) is 39.5 Å². The number of hydrogen-bond donors (Lipinski definition) is 3. The highest BCUT2D eigenvalue weighted by Gasteiger charge is 2.27. The Bertz CT molecular complexity index is 2850. The molecule has 6 rings (SSSR count). The fraction of sp³-hybridized carbons (Fsp3) is 0.275. The third-order valence-corrected chi connectivity index (χ3v) is 10.2. The number of carbonyl (C=O) groups excluding carboxylic acids is 1. The van der Waals surface area contributed by atoms with Crippen molar-refractivity contribution in [3.63, 3.8) is 0 Å². The van der Waals surface area contributed by atoms with Gasteiger partial charge in [0.15, 0.2) is 6.61 Å². The fourth-order valence-corrected chi connectivity index (χ4v) is 6.92. The number of anilines is 1. The van der Waals surface area contributed by atoms with Crippen molar-refractivity contribution in [2.24, 2.45) is 0 Å². The van der Waals surface area contributed by atoms with Crippen LogP contribution in [0.1, 0.15) is 56.7 Å². The van der Waals surface area contributed by atoms with Crippen LogP contribution in [0.2, 0.25) is 15.1 Å². The Morgan fingerprint density at radius 1 is 0.938 bits per heavy atom. The number of aromatic carboxylic acids is 1. The van der Waals surface area contributed by atoms with Crippen molar-refractivity contribution < 1.29 is 51.6 Å². The number of urea groups is 1. The Kier molecular flexibility index (Phi) is 16.6. The first kappa shape index (κ1) is 50.1. The second-order valence-electron chi connectivity index (χ2n) is 14.3. The molecule has 3 N–H and O–H groups in total. The van der Waals surface area contributed by atoms with Crippen LogP contribution in [-0.4, -0.2) is 93.2 Å². The predicted octanol–water partition coefficient (Wildman–Crippen LogP) is 6.99. The van der Waals surface area contributed by atoms with Gasteiger partial charge in [-0.15, -0.1) is 5.10 Å². The van der Waals surface area contributed by atoms with Gasteiger partial charge >= 0.3 is 29.7 Å². The standard InChI is InChI=1S/C15H18Cl2N2O3.C14H15N5O6S.C11H8ClNO3/c1-8(2)21-12-7-11(9(16)6-10(12)17)19-14(20)22-13(18-19)15(3,4)5;1-8-15-12(17-13(16-8)25-3)19(2)14(22)18-26(23,24)10-7-5-4-6-9(10)11(20)21;12-8-3-4-9(16-6-10(14)15)11-7(8)2-1-5-13-11/h6-8H,1-5H3;4-7H,1-3H3,(H,18,22)(H,20,21);1-5H,6H2,(H,14,15). The lowest BCUT2D eigenvalue weighted by Gasteiger charge is -2.17. The van der Waals surface area contributed by atoms with E-state index in [-0.39, 0.29) is 34.3 Å². The minimum absolute atomic E-state index is 0.0498. The lowest BCUT2D eigenvalue weighted by molar-refractivity contribution is -0.139. The Labute approximate surface area is 380 Å². The highest BCUT2D eigenvalue weighted by molar-refractivity contribution is 7.90. The molecule has 3 aromatic carbocycles. The van der Waals surface area contributed by atoms with Crippen LogP contribution < -0.4 is 29.6 Å². The first-order chi connectivity index (χ1) is 29.9. The second-order valence-corrected chi connectivity index (χ2v) is 17.2. The maximum Gasteiger partial charge on any atom is 0.442 e. The van der Waals surface area contributed by atoms with Gasteiger partial charge in [0, 0.05) is 30.1 Å². The molecule has 0 radical (unpaired) electrons. The Morgan fingerprint density at radius 3 is 2.23 bits per heavy atom. The molecule has 2 amide bonds. The number of aryl methyl sites for hydroxylation is 1. The van der Waals surface area contributed by atoms with E-state index < -0.39 is 50.8 Å². The van der Waals surface area contributed by atoms with E-state index in [1.165, 1.54) is 32.4 Å². The number of carboxylic acid groups (broad SMARTS) is 2. The number of pyridine rings is 1. The molecule has 64 heavy (non-hydrogen) atoms. The molecule has 0 unspecified atom stereocenters. The van der Waals surface area contributed by atoms with E-state index in [1.807, 2.05) is 34.6 Å². The van der Waals surface area contributed by atoms with E-state index >= 15 is 0 Å². The van der Waals surface area contributed by atoms with E-state index in [2.05, 4.69) is 25.0 Å². The van der Waals surface area contributed by atoms with E-state index in [4.69, 9.17) is 63.6 Å². The molecule has 3 heterocycles. The Hall–Kier alpha value is -6.55. The maximum atomic E-state index is 12.4. The van der Waals surface area contributed by atoms with Crippen LogP contribution in [-0.2, 0) is 20.2 Å². The molecule has 0 aliphatic rings. The van der Waals surface area contributed by atoms with Crippen molar-refractivity contribution in [3.8, 4) is 23.2 Å². The zero-order valence-corrected chi connectivity index (χ0v) is 38.4. The molecule has 0 spiro atoms. The van der Waals surface area contributed by atoms with Crippen molar-refractivity contribution >= 4 is 79.6 Å². The van der Waals surface area contributed by atoms with E-state index in [1.54, 1.807) is 48.2 Å². The summed E-state index contributed by atoms with van der Waals surface area (Å²) in [5, 5.41) is 23.8. The molecule has 3 aromatic heterocycles. The number of rotatable bonds is 11. The molecule has 0 bridgehead atoms. The first-order valence-corrected chi connectivity index (χ1v) is 21.1. The van der Waals surface area contributed by atoms with Crippen LogP contribution >= 0.6 is 34.8 Å². The fourth-order valence-electron chi connectivity index (χ4n) is 5.02. The van der Waals surface area contributed by atoms with Gasteiger partial charge in [0.1, 0.15) is 27.7 Å². The lowest BCUT2D eigenvalue weighted by Crippen LogP contribution is -2.42. The number of carboxylic acids is 2. The number of methoxy groups -OCH3 is 1. The monoisotopic (exact) mass is 962 g/mol. The summed E-state index contributed by atoms with van der Waals surface area (Å²) < 4.78 is 48.5. The van der Waals surface area contributed by atoms with Gasteiger partial charge in [-0.2, -0.15) is 19.6 Å². The zero-order valence-electron chi connectivity index (χ0n) is 35.3. The summed E-state index contributed by atoms with van der Waals surface area (Å²) in [5.41, 5.74) is 0.0796. The molecular weight excluding hydrogens is 923 g/mol. The number of halogens is 3. The van der Waals surface area contributed by atoms with Crippen LogP contribution in [0.15, 0.2) is 81.0 Å². The highest BCUT2D eigenvalue weighted by atomic mass is 35.5. The minimum Gasteiger partial charge on any atom is -0.489 e. The van der Waals surface area contributed by atoms with Crippen molar-refractivity contribution in [2.45, 2.75) is 58.0 Å². The highest BCUT2D eigenvalue weighted by Crippen LogP contribution is 2.34. The molecule has 340 valence electrons. The summed E-state index contributed by atoms with van der Waals surface area (Å²) >= 11 is 18.3. The summed E-state index contributed by atoms with van der Waals surface area (Å²) in [6.45, 7) is 10.6. The SMILES string of the molecule is CC(C)Oc1cc(-n2nc(C(C)(C)C)oc2=O)c(Cl)cc1Cl.COc1nc(C)nc(N(C)C(=O)NS(=O)(=O)c2ccccc2C(=O)O)n1.O=C(O)COc1ccc(Cl)c2cccnc12. The average molecular weight is 964 g/mol. The largest absolute Gasteiger partial charge is 0.489 e. The third-order valence-electron chi connectivity index (χ3n) is 7.94. The second kappa shape index (κ2) is 21.2. The van der Waals surface area contributed by atoms with Gasteiger partial charge in [0.25, 0.3) is 10.0 Å². The number of fused-ring (bicyclic) bond motifs is 1. The van der Waals surface area contributed by atoms with Gasteiger partial charge in [-0.25, -0.2) is 32.3 Å². The number of aromatic nitrogens is 6. The van der Waals surface area contributed by atoms with Crippen molar-refractivity contribution in [3.05, 3.63) is 110 Å². The third kappa shape index (κ3) is 13.0. The topological polar surface area (TPSA) is 268 Å². The molecule has 0 saturated carbocycles. The number of nitrogens with zero attached hydrogens (tertiary/aromatic N) is 7. The van der Waals surface area contributed by atoms with Crippen molar-refractivity contribution in [1.82, 2.24) is 34.4 Å². The van der Waals surface area contributed by atoms with Crippen LogP contribution in [0.3, 0.4) is 0 Å². The number of benzene rings is 3. The summed E-state index contributed by atoms with van der Waals surface area (Å²) in [6, 6.07) is 13.7. The minimum atomic E-state index is -4.44. The van der Waals surface area contributed by atoms with Gasteiger partial charge in [-0.1, -0.05) is 67.7 Å². The predicted molar refractivity (Wildman–Crippen MR) is 235 cm³/mol. The number of ether oxygens (including phenoxy) is 3. The van der Waals surface area contributed by atoms with Crippen LogP contribution in [0, 0.1) is 6.92 Å². The number of sulfonamides is 1. The maximum absolute atomic E-state index is 12.4. The summed E-state index contributed by atoms with van der Waals surface area (Å²) in [4.78, 5) is 62.0. The van der Waals surface area contributed by atoms with Crippen LogP contribution in [0.5, 0.6) is 17.5 Å². The van der Waals surface area contributed by atoms with Crippen molar-refractivity contribution in [2.75, 3.05) is 25.7 Å². The quantitative estimate of drug-likeness (QED) is 0.118. The van der Waals surface area contributed by atoms with E-state index in [0.717, 1.165) is 27.1 Å². The van der Waals surface area contributed by atoms with Gasteiger partial charge < -0.3 is 28.8 Å². The Morgan fingerprint density at radius 2 is 1.62 bits per heavy atom. The van der Waals surface area contributed by atoms with E-state index in [9.17, 15) is 27.6 Å². The number of carbonyl (C=O) groups is 3. The summed E-state index contributed by atoms with van der Waals surface area (Å²) in [6.07, 6.45) is 1.54. The lowest BCUT2D eigenvalue weighted by atomic mass is 9.97. The molecule has 0 aliphatic carbocycles. The van der Waals surface area contributed by atoms with Crippen molar-refractivity contribution in [1.29, 1.82) is 0 Å². The molecule has 20 nitrogen and oxygen atoms in total. The van der Waals surface area contributed by atoms with Crippen LogP contribution in [0.4, 0.5) is 10.7 Å².